The van der Waals surface area contributed by atoms with Crippen molar-refractivity contribution in [1.29, 1.82) is 0 Å². The molecular weight excluding hydrogens is 274 g/mol. The molecule has 1 aliphatic rings. The number of nitrogens with zero attached hydrogens (tertiary/aromatic N) is 3. The van der Waals surface area contributed by atoms with Crippen LogP contribution in [0.5, 0.6) is 0 Å². The maximum absolute atomic E-state index is 12.3. The van der Waals surface area contributed by atoms with E-state index in [1.165, 1.54) is 0 Å². The predicted molar refractivity (Wildman–Crippen MR) is 75.6 cm³/mol. The normalized spacial score (nSPS) is 19.2. The van der Waals surface area contributed by atoms with E-state index in [0.717, 1.165) is 24.3 Å². The fraction of sp³-hybridized carbons (Fsp3) is 0.500. The van der Waals surface area contributed by atoms with Gasteiger partial charge in [-0.15, -0.1) is 11.3 Å². The molecule has 3 rings (SSSR count). The maximum atomic E-state index is 12.3. The number of rotatable bonds is 3. The Balaban J connectivity index is 1.64. The fourth-order valence-electron chi connectivity index (χ4n) is 2.56. The van der Waals surface area contributed by atoms with Crippen molar-refractivity contribution >= 4 is 17.2 Å². The second kappa shape index (κ2) is 5.75. The first-order chi connectivity index (χ1) is 9.72. The summed E-state index contributed by atoms with van der Waals surface area (Å²) in [5, 5.41) is 5.84. The molecule has 0 bridgehead atoms. The lowest BCUT2D eigenvalue weighted by atomic mass is 9.97. The summed E-state index contributed by atoms with van der Waals surface area (Å²) in [5.41, 5.74) is 0. The van der Waals surface area contributed by atoms with E-state index in [-0.39, 0.29) is 11.8 Å². The van der Waals surface area contributed by atoms with E-state index >= 15 is 0 Å². The molecule has 5 nitrogen and oxygen atoms in total. The molecule has 0 saturated carbocycles. The van der Waals surface area contributed by atoms with E-state index < -0.39 is 0 Å². The molecule has 0 radical (unpaired) electrons. The van der Waals surface area contributed by atoms with Gasteiger partial charge in [-0.3, -0.25) is 4.79 Å². The minimum atomic E-state index is 0.178. The second-order valence-electron chi connectivity index (χ2n) is 5.11. The number of carbonyl (C=O) groups is 1. The van der Waals surface area contributed by atoms with Gasteiger partial charge in [-0.25, -0.2) is 0 Å². The Morgan fingerprint density at radius 3 is 3.20 bits per heavy atom. The molecule has 0 spiro atoms. The van der Waals surface area contributed by atoms with E-state index in [1.807, 2.05) is 29.3 Å². The third kappa shape index (κ3) is 2.90. The summed E-state index contributed by atoms with van der Waals surface area (Å²) in [4.78, 5) is 19.6. The van der Waals surface area contributed by atoms with E-state index in [2.05, 4.69) is 10.1 Å². The van der Waals surface area contributed by atoms with Crippen molar-refractivity contribution in [3.05, 3.63) is 34.1 Å². The van der Waals surface area contributed by atoms with Gasteiger partial charge in [0.2, 0.25) is 11.8 Å². The summed E-state index contributed by atoms with van der Waals surface area (Å²) < 4.78 is 5.24. The van der Waals surface area contributed by atoms with E-state index in [4.69, 9.17) is 4.52 Å². The SMILES string of the molecule is Cc1noc([C@@H]2CCCN(C(=O)Cc3cccs3)C2)n1. The largest absolute Gasteiger partial charge is 0.342 e. The third-order valence-corrected chi connectivity index (χ3v) is 4.45. The Labute approximate surface area is 121 Å². The van der Waals surface area contributed by atoms with Crippen LogP contribution in [-0.4, -0.2) is 34.0 Å². The number of aromatic nitrogens is 2. The van der Waals surface area contributed by atoms with Crippen molar-refractivity contribution < 1.29 is 9.32 Å². The summed E-state index contributed by atoms with van der Waals surface area (Å²) in [6, 6.07) is 3.98. The summed E-state index contributed by atoms with van der Waals surface area (Å²) in [6.07, 6.45) is 2.49. The minimum Gasteiger partial charge on any atom is -0.342 e. The van der Waals surface area contributed by atoms with Gasteiger partial charge in [0.1, 0.15) is 0 Å². The summed E-state index contributed by atoms with van der Waals surface area (Å²) in [7, 11) is 0. The molecule has 0 N–H and O–H groups in total. The number of amides is 1. The minimum absolute atomic E-state index is 0.178. The van der Waals surface area contributed by atoms with Crippen molar-refractivity contribution in [2.24, 2.45) is 0 Å². The highest BCUT2D eigenvalue weighted by Gasteiger charge is 2.28. The summed E-state index contributed by atoms with van der Waals surface area (Å²) in [6.45, 7) is 3.33. The van der Waals surface area contributed by atoms with Crippen molar-refractivity contribution in [1.82, 2.24) is 15.0 Å². The van der Waals surface area contributed by atoms with Gasteiger partial charge in [-0.1, -0.05) is 11.2 Å². The quantitative estimate of drug-likeness (QED) is 0.871. The number of thiophene rings is 1. The van der Waals surface area contributed by atoms with Crippen molar-refractivity contribution in [2.75, 3.05) is 13.1 Å². The average molecular weight is 291 g/mol. The fourth-order valence-corrected chi connectivity index (χ4v) is 3.25. The molecule has 20 heavy (non-hydrogen) atoms. The van der Waals surface area contributed by atoms with Gasteiger partial charge in [0, 0.05) is 18.0 Å². The number of likely N-dealkylation sites (tertiary alicyclic amines) is 1. The maximum Gasteiger partial charge on any atom is 0.231 e. The highest BCUT2D eigenvalue weighted by molar-refractivity contribution is 7.10. The van der Waals surface area contributed by atoms with Crippen LogP contribution in [0.4, 0.5) is 0 Å². The van der Waals surface area contributed by atoms with Crippen molar-refractivity contribution in [2.45, 2.75) is 32.1 Å². The summed E-state index contributed by atoms with van der Waals surface area (Å²) >= 11 is 1.63. The topological polar surface area (TPSA) is 59.2 Å². The first kappa shape index (κ1) is 13.3. The average Bonchev–Trinajstić information content (AvgIpc) is 3.10. The molecule has 2 aromatic rings. The third-order valence-electron chi connectivity index (χ3n) is 3.57. The van der Waals surface area contributed by atoms with Gasteiger partial charge in [0.05, 0.1) is 12.3 Å². The smallest absolute Gasteiger partial charge is 0.231 e. The molecule has 0 aromatic carbocycles. The molecule has 1 fully saturated rings. The van der Waals surface area contributed by atoms with E-state index in [0.29, 0.717) is 24.7 Å². The number of hydrogen-bond acceptors (Lipinski definition) is 5. The van der Waals surface area contributed by atoms with Crippen LogP contribution in [0.25, 0.3) is 0 Å². The van der Waals surface area contributed by atoms with Gasteiger partial charge in [0.25, 0.3) is 0 Å². The van der Waals surface area contributed by atoms with Crippen LogP contribution in [0.3, 0.4) is 0 Å². The Morgan fingerprint density at radius 1 is 1.60 bits per heavy atom. The Hall–Kier alpha value is -1.69. The highest BCUT2D eigenvalue weighted by Crippen LogP contribution is 2.26. The molecule has 0 aliphatic carbocycles. The summed E-state index contributed by atoms with van der Waals surface area (Å²) in [5.74, 6) is 1.68. The van der Waals surface area contributed by atoms with Crippen LogP contribution in [-0.2, 0) is 11.2 Å². The monoisotopic (exact) mass is 291 g/mol. The van der Waals surface area contributed by atoms with Gasteiger partial charge in [-0.2, -0.15) is 4.98 Å². The predicted octanol–water partition coefficient (Wildman–Crippen LogP) is 2.39. The second-order valence-corrected chi connectivity index (χ2v) is 6.15. The van der Waals surface area contributed by atoms with Crippen LogP contribution in [0.15, 0.2) is 22.0 Å². The number of aryl methyl sites for hydroxylation is 1. The first-order valence-corrected chi connectivity index (χ1v) is 7.70. The molecule has 1 aliphatic heterocycles. The van der Waals surface area contributed by atoms with Crippen LogP contribution in [0.1, 0.15) is 35.4 Å². The number of carbonyl (C=O) groups excluding carboxylic acids is 1. The van der Waals surface area contributed by atoms with Crippen LogP contribution in [0.2, 0.25) is 0 Å². The van der Waals surface area contributed by atoms with Crippen LogP contribution in [0, 0.1) is 6.92 Å². The molecule has 3 heterocycles. The molecular formula is C14H17N3O2S. The first-order valence-electron chi connectivity index (χ1n) is 6.83. The molecule has 2 aromatic heterocycles. The molecule has 0 unspecified atom stereocenters. The zero-order chi connectivity index (χ0) is 13.9. The Kier molecular flexibility index (Phi) is 3.82. The highest BCUT2D eigenvalue weighted by atomic mass is 32.1. The number of piperidine rings is 1. The van der Waals surface area contributed by atoms with Gasteiger partial charge < -0.3 is 9.42 Å². The van der Waals surface area contributed by atoms with Crippen LogP contribution < -0.4 is 0 Å². The van der Waals surface area contributed by atoms with Crippen LogP contribution >= 0.6 is 11.3 Å². The zero-order valence-electron chi connectivity index (χ0n) is 11.4. The van der Waals surface area contributed by atoms with Crippen molar-refractivity contribution in [3.63, 3.8) is 0 Å². The Bertz CT molecular complexity index is 579. The molecule has 1 atom stereocenters. The lowest BCUT2D eigenvalue weighted by Gasteiger charge is -2.31. The lowest BCUT2D eigenvalue weighted by Crippen LogP contribution is -2.39. The van der Waals surface area contributed by atoms with Gasteiger partial charge >= 0.3 is 0 Å². The molecule has 6 heteroatoms. The molecule has 106 valence electrons. The molecule has 1 saturated heterocycles. The van der Waals surface area contributed by atoms with E-state index in [1.54, 1.807) is 11.3 Å². The van der Waals surface area contributed by atoms with Gasteiger partial charge in [-0.05, 0) is 31.2 Å². The van der Waals surface area contributed by atoms with Gasteiger partial charge in [0.15, 0.2) is 5.82 Å². The standard InChI is InChI=1S/C14H17N3O2S/c1-10-15-14(19-16-10)11-4-2-6-17(9-11)13(18)8-12-5-3-7-20-12/h3,5,7,11H,2,4,6,8-9H2,1H3/t11-/m1/s1. The Morgan fingerprint density at radius 2 is 2.50 bits per heavy atom. The van der Waals surface area contributed by atoms with Crippen molar-refractivity contribution in [3.8, 4) is 0 Å². The molecule has 1 amide bonds. The lowest BCUT2D eigenvalue weighted by molar-refractivity contribution is -0.131. The zero-order valence-corrected chi connectivity index (χ0v) is 12.2. The van der Waals surface area contributed by atoms with E-state index in [9.17, 15) is 4.79 Å². The number of hydrogen-bond donors (Lipinski definition) is 0.